The molecule has 5 heteroatoms. The van der Waals surface area contributed by atoms with E-state index in [1.54, 1.807) is 0 Å². The van der Waals surface area contributed by atoms with E-state index in [1.165, 1.54) is 43.1 Å². The number of hydrogen-bond acceptors (Lipinski definition) is 3. The second kappa shape index (κ2) is 12.1. The Kier molecular flexibility index (Phi) is 6.49. The maximum absolute atomic E-state index is 6.80. The predicted molar refractivity (Wildman–Crippen MR) is 253 cm³/mol. The number of rotatable bonds is 3. The lowest BCUT2D eigenvalue weighted by molar-refractivity contribution is 0.666. The molecule has 61 heavy (non-hydrogen) atoms. The van der Waals surface area contributed by atoms with Crippen molar-refractivity contribution in [1.29, 1.82) is 0 Å². The molecule has 14 rings (SSSR count). The summed E-state index contributed by atoms with van der Waals surface area (Å²) in [4.78, 5) is 11.2. The van der Waals surface area contributed by atoms with Crippen LogP contribution in [-0.4, -0.2) is 19.1 Å². The first-order chi connectivity index (χ1) is 30.3. The highest BCUT2D eigenvalue weighted by Crippen LogP contribution is 2.46. The third kappa shape index (κ3) is 4.44. The molecular formula is C56H32N4O. The molecule has 0 atom stereocenters. The molecule has 4 aromatic heterocycles. The Bertz CT molecular complexity index is 4140. The average Bonchev–Trinajstić information content (AvgIpc) is 3.98. The Morgan fingerprint density at radius 2 is 0.967 bits per heavy atom. The molecule has 0 unspecified atom stereocenters. The first-order valence-electron chi connectivity index (χ1n) is 20.8. The van der Waals surface area contributed by atoms with Gasteiger partial charge in [0.05, 0.1) is 22.1 Å². The summed E-state index contributed by atoms with van der Waals surface area (Å²) in [6.45, 7) is 0. The second-order valence-corrected chi connectivity index (χ2v) is 16.1. The Morgan fingerprint density at radius 1 is 0.361 bits per heavy atom. The standard InChI is InChI=1S/C56H32N4O/c1-2-17-35(18-3-1)59-45-26-12-10-23-41(45)50-43(25-14-27-46(50)59)54-55-53(42-24-11-13-28-49(42)61-55)57-56(58-54)60-47-30-29-40-38-21-7-6-19-36(38)37-20-8-9-22-39(37)51(40)52(47)44-31-33-15-4-5-16-34(33)32-48(44)60/h1-32H. The third-order valence-corrected chi connectivity index (χ3v) is 12.9. The maximum atomic E-state index is 6.80. The van der Waals surface area contributed by atoms with Gasteiger partial charge in [-0.1, -0.05) is 140 Å². The van der Waals surface area contributed by atoms with Gasteiger partial charge in [-0.05, 0) is 92.3 Å². The smallest absolute Gasteiger partial charge is 0.236 e. The fourth-order valence-electron chi connectivity index (χ4n) is 10.3. The van der Waals surface area contributed by atoms with E-state index in [4.69, 9.17) is 14.4 Å². The molecule has 0 radical (unpaired) electrons. The molecule has 14 aromatic rings. The Morgan fingerprint density at radius 3 is 1.77 bits per heavy atom. The number of nitrogens with zero attached hydrogens (tertiary/aromatic N) is 4. The largest absolute Gasteiger partial charge is 0.452 e. The van der Waals surface area contributed by atoms with Gasteiger partial charge in [-0.25, -0.2) is 9.97 Å². The van der Waals surface area contributed by atoms with E-state index < -0.39 is 0 Å². The highest BCUT2D eigenvalue weighted by Gasteiger charge is 2.25. The van der Waals surface area contributed by atoms with Crippen molar-refractivity contribution in [2.24, 2.45) is 0 Å². The van der Waals surface area contributed by atoms with Crippen LogP contribution < -0.4 is 0 Å². The summed E-state index contributed by atoms with van der Waals surface area (Å²) < 4.78 is 11.4. The SMILES string of the molecule is c1ccc(-n2c3ccccc3c3c(-c4nc(-n5c6cc7ccccc7cc6c6c7c8ccccc8c8ccccc8c7ccc65)nc5c4oc4ccccc45)cccc32)cc1. The summed E-state index contributed by atoms with van der Waals surface area (Å²) in [5, 5.41) is 15.4. The van der Waals surface area contributed by atoms with Crippen LogP contribution in [0.1, 0.15) is 0 Å². The van der Waals surface area contributed by atoms with E-state index in [0.29, 0.717) is 11.5 Å². The number of para-hydroxylation sites is 3. The fraction of sp³-hybridized carbons (Fsp3) is 0. The molecule has 10 aromatic carbocycles. The van der Waals surface area contributed by atoms with Gasteiger partial charge in [-0.2, -0.15) is 0 Å². The van der Waals surface area contributed by atoms with Crippen molar-refractivity contribution >= 4 is 109 Å². The van der Waals surface area contributed by atoms with Crippen LogP contribution in [0.4, 0.5) is 0 Å². The van der Waals surface area contributed by atoms with Gasteiger partial charge < -0.3 is 8.98 Å². The van der Waals surface area contributed by atoms with Gasteiger partial charge >= 0.3 is 0 Å². The van der Waals surface area contributed by atoms with E-state index in [9.17, 15) is 0 Å². The van der Waals surface area contributed by atoms with Gasteiger partial charge in [0.25, 0.3) is 0 Å². The molecule has 0 N–H and O–H groups in total. The zero-order valence-corrected chi connectivity index (χ0v) is 32.7. The highest BCUT2D eigenvalue weighted by molar-refractivity contribution is 6.36. The number of furan rings is 1. The summed E-state index contributed by atoms with van der Waals surface area (Å²) in [6.07, 6.45) is 0. The Labute approximate surface area is 347 Å². The maximum Gasteiger partial charge on any atom is 0.236 e. The molecule has 0 fully saturated rings. The molecule has 0 bridgehead atoms. The van der Waals surface area contributed by atoms with Crippen LogP contribution in [-0.2, 0) is 0 Å². The van der Waals surface area contributed by atoms with Crippen LogP contribution in [0, 0.1) is 0 Å². The molecule has 0 aliphatic rings. The molecule has 0 aliphatic carbocycles. The number of benzene rings is 10. The predicted octanol–water partition coefficient (Wildman–Crippen LogP) is 14.8. The molecular weight excluding hydrogens is 745 g/mol. The van der Waals surface area contributed by atoms with Gasteiger partial charge in [-0.15, -0.1) is 0 Å². The molecule has 0 aliphatic heterocycles. The molecule has 0 saturated carbocycles. The lowest BCUT2D eigenvalue weighted by Crippen LogP contribution is -2.03. The van der Waals surface area contributed by atoms with Crippen molar-refractivity contribution in [3.05, 3.63) is 194 Å². The Hall–Kier alpha value is -8.28. The van der Waals surface area contributed by atoms with Crippen LogP contribution in [0.5, 0.6) is 0 Å². The molecule has 282 valence electrons. The quantitative estimate of drug-likeness (QED) is 0.168. The summed E-state index contributed by atoms with van der Waals surface area (Å²) in [5.41, 5.74) is 9.42. The lowest BCUT2D eigenvalue weighted by atomic mass is 9.91. The molecule has 5 nitrogen and oxygen atoms in total. The zero-order chi connectivity index (χ0) is 39.8. The summed E-state index contributed by atoms with van der Waals surface area (Å²) >= 11 is 0. The second-order valence-electron chi connectivity index (χ2n) is 16.1. The average molecular weight is 777 g/mol. The van der Waals surface area contributed by atoms with Gasteiger partial charge in [0, 0.05) is 43.6 Å². The van der Waals surface area contributed by atoms with E-state index >= 15 is 0 Å². The van der Waals surface area contributed by atoms with Crippen molar-refractivity contribution in [3.63, 3.8) is 0 Å². The highest BCUT2D eigenvalue weighted by atomic mass is 16.3. The molecule has 4 heterocycles. The van der Waals surface area contributed by atoms with Crippen LogP contribution in [0.3, 0.4) is 0 Å². The molecule has 0 saturated heterocycles. The van der Waals surface area contributed by atoms with Gasteiger partial charge in [0.1, 0.15) is 16.8 Å². The van der Waals surface area contributed by atoms with Gasteiger partial charge in [-0.3, -0.25) is 4.57 Å². The van der Waals surface area contributed by atoms with E-state index in [0.717, 1.165) is 77.0 Å². The van der Waals surface area contributed by atoms with Gasteiger partial charge in [0.15, 0.2) is 5.58 Å². The van der Waals surface area contributed by atoms with Crippen molar-refractivity contribution in [1.82, 2.24) is 19.1 Å². The number of aromatic nitrogens is 4. The van der Waals surface area contributed by atoms with Crippen LogP contribution in [0.2, 0.25) is 0 Å². The normalized spacial score (nSPS) is 12.3. The van der Waals surface area contributed by atoms with Gasteiger partial charge in [0.2, 0.25) is 5.95 Å². The zero-order valence-electron chi connectivity index (χ0n) is 32.7. The van der Waals surface area contributed by atoms with Crippen molar-refractivity contribution in [2.45, 2.75) is 0 Å². The minimum atomic E-state index is 0.595. The lowest BCUT2D eigenvalue weighted by Gasteiger charge is -2.13. The minimum absolute atomic E-state index is 0.595. The third-order valence-electron chi connectivity index (χ3n) is 12.9. The van der Waals surface area contributed by atoms with E-state index in [2.05, 4.69) is 191 Å². The first kappa shape index (κ1) is 32.7. The summed E-state index contributed by atoms with van der Waals surface area (Å²) in [7, 11) is 0. The monoisotopic (exact) mass is 776 g/mol. The summed E-state index contributed by atoms with van der Waals surface area (Å²) in [5.74, 6) is 0.595. The first-order valence-corrected chi connectivity index (χ1v) is 20.8. The van der Waals surface area contributed by atoms with Crippen LogP contribution in [0.25, 0.3) is 132 Å². The van der Waals surface area contributed by atoms with Crippen molar-refractivity contribution in [2.75, 3.05) is 0 Å². The topological polar surface area (TPSA) is 48.8 Å². The minimum Gasteiger partial charge on any atom is -0.452 e. The number of hydrogen-bond donors (Lipinski definition) is 0. The van der Waals surface area contributed by atoms with Crippen molar-refractivity contribution < 1.29 is 4.42 Å². The molecule has 0 amide bonds. The fourth-order valence-corrected chi connectivity index (χ4v) is 10.3. The van der Waals surface area contributed by atoms with E-state index in [-0.39, 0.29) is 0 Å². The van der Waals surface area contributed by atoms with Crippen LogP contribution >= 0.6 is 0 Å². The number of fused-ring (bicyclic) bond motifs is 17. The van der Waals surface area contributed by atoms with E-state index in [1.807, 2.05) is 12.1 Å². The van der Waals surface area contributed by atoms with Crippen LogP contribution in [0.15, 0.2) is 199 Å². The molecule has 0 spiro atoms. The Balaban J connectivity index is 1.17. The van der Waals surface area contributed by atoms with Crippen molar-refractivity contribution in [3.8, 4) is 22.9 Å². The summed E-state index contributed by atoms with van der Waals surface area (Å²) in [6, 6.07) is 69.5.